The molecule has 0 aromatic heterocycles. The first-order chi connectivity index (χ1) is 10.3. The van der Waals surface area contributed by atoms with Gasteiger partial charge >= 0.3 is 0 Å². The van der Waals surface area contributed by atoms with Crippen LogP contribution in [0, 0.1) is 0 Å². The molecule has 0 spiro atoms. The van der Waals surface area contributed by atoms with Crippen molar-refractivity contribution in [2.45, 2.75) is 26.8 Å². The fraction of sp³-hybridized carbons (Fsp3) is 0.529. The summed E-state index contributed by atoms with van der Waals surface area (Å²) >= 11 is 0. The smallest absolute Gasteiger partial charge is 0.161 e. The molecular formula is C17H28N2O2. The van der Waals surface area contributed by atoms with Crippen LogP contribution >= 0.6 is 0 Å². The van der Waals surface area contributed by atoms with Crippen LogP contribution in [0.15, 0.2) is 30.9 Å². The van der Waals surface area contributed by atoms with E-state index in [0.29, 0.717) is 13.2 Å². The normalized spacial score (nSPS) is 10.4. The lowest BCUT2D eigenvalue weighted by Crippen LogP contribution is -2.21. The first-order valence-corrected chi connectivity index (χ1v) is 7.72. The first kappa shape index (κ1) is 17.5. The summed E-state index contributed by atoms with van der Waals surface area (Å²) in [6.07, 6.45) is 2.86. The van der Waals surface area contributed by atoms with Gasteiger partial charge in [0, 0.05) is 6.54 Å². The van der Waals surface area contributed by atoms with Gasteiger partial charge in [-0.2, -0.15) is 0 Å². The second-order valence-corrected chi connectivity index (χ2v) is 4.70. The maximum atomic E-state index is 5.64. The Labute approximate surface area is 128 Å². The van der Waals surface area contributed by atoms with Gasteiger partial charge in [0.05, 0.1) is 6.61 Å². The van der Waals surface area contributed by atoms with Crippen molar-refractivity contribution < 1.29 is 9.47 Å². The lowest BCUT2D eigenvalue weighted by atomic mass is 10.2. The average Bonchev–Trinajstić information content (AvgIpc) is 2.50. The van der Waals surface area contributed by atoms with Crippen LogP contribution in [0.25, 0.3) is 0 Å². The van der Waals surface area contributed by atoms with Crippen LogP contribution in [0.4, 0.5) is 0 Å². The van der Waals surface area contributed by atoms with E-state index in [1.54, 1.807) is 6.08 Å². The Morgan fingerprint density at radius 1 is 1.10 bits per heavy atom. The van der Waals surface area contributed by atoms with Gasteiger partial charge in [-0.1, -0.05) is 25.6 Å². The molecule has 0 fully saturated rings. The third-order valence-electron chi connectivity index (χ3n) is 2.95. The number of nitrogens with one attached hydrogen (secondary N) is 2. The molecule has 0 amide bonds. The Morgan fingerprint density at radius 3 is 2.62 bits per heavy atom. The standard InChI is InChI=1S/C17H28N2O2/c1-4-12-21-16-9-8-15(13-17(16)20-6-3)14-19-11-7-10-18-5-2/h4,8-9,13,18-19H,1,5-7,10-12,14H2,2-3H3. The Morgan fingerprint density at radius 2 is 1.90 bits per heavy atom. The topological polar surface area (TPSA) is 42.5 Å². The number of hydrogen-bond acceptors (Lipinski definition) is 4. The minimum Gasteiger partial charge on any atom is -0.490 e. The van der Waals surface area contributed by atoms with Crippen molar-refractivity contribution >= 4 is 0 Å². The lowest BCUT2D eigenvalue weighted by molar-refractivity contribution is 0.296. The highest BCUT2D eigenvalue weighted by Crippen LogP contribution is 2.28. The second kappa shape index (κ2) is 11.2. The van der Waals surface area contributed by atoms with E-state index < -0.39 is 0 Å². The van der Waals surface area contributed by atoms with Crippen LogP contribution in [0.5, 0.6) is 11.5 Å². The van der Waals surface area contributed by atoms with Crippen LogP contribution in [-0.4, -0.2) is 32.8 Å². The molecule has 21 heavy (non-hydrogen) atoms. The van der Waals surface area contributed by atoms with Crippen molar-refractivity contribution in [2.24, 2.45) is 0 Å². The van der Waals surface area contributed by atoms with E-state index in [0.717, 1.165) is 44.1 Å². The minimum absolute atomic E-state index is 0.488. The molecule has 0 saturated heterocycles. The van der Waals surface area contributed by atoms with Crippen LogP contribution in [-0.2, 0) is 6.54 Å². The minimum atomic E-state index is 0.488. The van der Waals surface area contributed by atoms with E-state index in [9.17, 15) is 0 Å². The zero-order valence-corrected chi connectivity index (χ0v) is 13.3. The predicted octanol–water partition coefficient (Wildman–Crippen LogP) is 2.74. The maximum absolute atomic E-state index is 5.64. The lowest BCUT2D eigenvalue weighted by Gasteiger charge is -2.13. The summed E-state index contributed by atoms with van der Waals surface area (Å²) in [6.45, 7) is 12.8. The van der Waals surface area contributed by atoms with Gasteiger partial charge in [0.15, 0.2) is 11.5 Å². The molecule has 2 N–H and O–H groups in total. The van der Waals surface area contributed by atoms with Gasteiger partial charge in [-0.05, 0) is 50.7 Å². The van der Waals surface area contributed by atoms with Crippen LogP contribution in [0.2, 0.25) is 0 Å². The zero-order chi connectivity index (χ0) is 15.3. The molecule has 1 aromatic rings. The molecule has 4 heteroatoms. The number of benzene rings is 1. The van der Waals surface area contributed by atoms with Gasteiger partial charge in [-0.3, -0.25) is 0 Å². The summed E-state index contributed by atoms with van der Waals surface area (Å²) in [5, 5.41) is 6.76. The van der Waals surface area contributed by atoms with Crippen molar-refractivity contribution in [3.63, 3.8) is 0 Å². The molecule has 0 aliphatic rings. The third-order valence-corrected chi connectivity index (χ3v) is 2.95. The highest BCUT2D eigenvalue weighted by Gasteiger charge is 2.06. The molecule has 118 valence electrons. The Bertz CT molecular complexity index is 408. The molecule has 0 heterocycles. The molecule has 0 aliphatic carbocycles. The van der Waals surface area contributed by atoms with E-state index in [4.69, 9.17) is 9.47 Å². The molecule has 0 aliphatic heterocycles. The highest BCUT2D eigenvalue weighted by atomic mass is 16.5. The van der Waals surface area contributed by atoms with E-state index in [1.165, 1.54) is 5.56 Å². The average molecular weight is 292 g/mol. The highest BCUT2D eigenvalue weighted by molar-refractivity contribution is 5.43. The van der Waals surface area contributed by atoms with Gasteiger partial charge < -0.3 is 20.1 Å². The van der Waals surface area contributed by atoms with Crippen molar-refractivity contribution in [3.8, 4) is 11.5 Å². The molecule has 0 atom stereocenters. The van der Waals surface area contributed by atoms with Gasteiger partial charge in [-0.25, -0.2) is 0 Å². The summed E-state index contributed by atoms with van der Waals surface area (Å²) in [5.74, 6) is 1.57. The van der Waals surface area contributed by atoms with Crippen molar-refractivity contribution in [1.29, 1.82) is 0 Å². The van der Waals surface area contributed by atoms with Gasteiger partial charge in [0.2, 0.25) is 0 Å². The predicted molar refractivity (Wildman–Crippen MR) is 88.2 cm³/mol. The van der Waals surface area contributed by atoms with Crippen molar-refractivity contribution in [2.75, 3.05) is 32.8 Å². The SMILES string of the molecule is C=CCOc1ccc(CNCCCNCC)cc1OCC. The molecule has 4 nitrogen and oxygen atoms in total. The van der Waals surface area contributed by atoms with Crippen LogP contribution in [0.1, 0.15) is 25.8 Å². The summed E-state index contributed by atoms with van der Waals surface area (Å²) in [6, 6.07) is 6.07. The largest absolute Gasteiger partial charge is 0.490 e. The van der Waals surface area contributed by atoms with Crippen molar-refractivity contribution in [1.82, 2.24) is 10.6 Å². The molecule has 1 aromatic carbocycles. The number of hydrogen-bond donors (Lipinski definition) is 2. The number of ether oxygens (including phenoxy) is 2. The van der Waals surface area contributed by atoms with Gasteiger partial charge in [0.25, 0.3) is 0 Å². The summed E-state index contributed by atoms with van der Waals surface area (Å²) in [5.41, 5.74) is 1.20. The third kappa shape index (κ3) is 7.16. The molecular weight excluding hydrogens is 264 g/mol. The van der Waals surface area contributed by atoms with Crippen LogP contribution < -0.4 is 20.1 Å². The second-order valence-electron chi connectivity index (χ2n) is 4.70. The van der Waals surface area contributed by atoms with E-state index in [-0.39, 0.29) is 0 Å². The van der Waals surface area contributed by atoms with E-state index >= 15 is 0 Å². The van der Waals surface area contributed by atoms with Gasteiger partial charge in [0.1, 0.15) is 6.61 Å². The molecule has 0 bridgehead atoms. The Kier molecular flexibility index (Phi) is 9.33. The maximum Gasteiger partial charge on any atom is 0.161 e. The van der Waals surface area contributed by atoms with E-state index in [1.807, 2.05) is 19.1 Å². The zero-order valence-electron chi connectivity index (χ0n) is 13.3. The van der Waals surface area contributed by atoms with E-state index in [2.05, 4.69) is 30.2 Å². The summed E-state index contributed by atoms with van der Waals surface area (Å²) < 4.78 is 11.2. The van der Waals surface area contributed by atoms with Crippen molar-refractivity contribution in [3.05, 3.63) is 36.4 Å². The number of rotatable bonds is 12. The summed E-state index contributed by atoms with van der Waals surface area (Å²) in [4.78, 5) is 0. The fourth-order valence-corrected chi connectivity index (χ4v) is 1.95. The van der Waals surface area contributed by atoms with Gasteiger partial charge in [-0.15, -0.1) is 0 Å². The molecule has 0 radical (unpaired) electrons. The monoisotopic (exact) mass is 292 g/mol. The summed E-state index contributed by atoms with van der Waals surface area (Å²) in [7, 11) is 0. The molecule has 0 unspecified atom stereocenters. The van der Waals surface area contributed by atoms with Crippen LogP contribution in [0.3, 0.4) is 0 Å². The fourth-order valence-electron chi connectivity index (χ4n) is 1.95. The first-order valence-electron chi connectivity index (χ1n) is 7.72. The molecule has 1 rings (SSSR count). The molecule has 0 saturated carbocycles. The Hall–Kier alpha value is -1.52. The quantitative estimate of drug-likeness (QED) is 0.459. The Balaban J connectivity index is 2.47.